The van der Waals surface area contributed by atoms with Gasteiger partial charge in [-0.05, 0) is 30.5 Å². The summed E-state index contributed by atoms with van der Waals surface area (Å²) in [5, 5.41) is 14.5. The van der Waals surface area contributed by atoms with Gasteiger partial charge in [0.2, 0.25) is 11.8 Å². The number of carbonyl (C=O) groups is 3. The van der Waals surface area contributed by atoms with Gasteiger partial charge < -0.3 is 15.3 Å². The minimum atomic E-state index is -0.943. The second-order valence-electron chi connectivity index (χ2n) is 6.15. The maximum atomic E-state index is 11.8. The van der Waals surface area contributed by atoms with E-state index in [4.69, 9.17) is 5.11 Å². The fourth-order valence-corrected chi connectivity index (χ4v) is 2.80. The van der Waals surface area contributed by atoms with E-state index in [1.807, 2.05) is 31.2 Å². The minimum Gasteiger partial charge on any atom is -0.480 e. The molecule has 0 saturated carbocycles. The van der Waals surface area contributed by atoms with Crippen molar-refractivity contribution in [3.63, 3.8) is 0 Å². The van der Waals surface area contributed by atoms with Crippen molar-refractivity contribution in [2.45, 2.75) is 45.2 Å². The number of carboxylic acid groups (broad SMARTS) is 1. The topological polar surface area (TPSA) is 98.7 Å². The van der Waals surface area contributed by atoms with E-state index in [1.54, 1.807) is 4.90 Å². The number of benzene rings is 1. The van der Waals surface area contributed by atoms with Gasteiger partial charge in [-0.15, -0.1) is 0 Å². The molecule has 1 aliphatic heterocycles. The highest BCUT2D eigenvalue weighted by molar-refractivity contribution is 5.95. The smallest absolute Gasteiger partial charge is 0.320 e. The first-order valence-corrected chi connectivity index (χ1v) is 8.63. The number of rotatable bonds is 9. The Kier molecular flexibility index (Phi) is 6.94. The number of nitrogens with one attached hydrogen (secondary N) is 2. The fraction of sp³-hybridized carbons (Fsp3) is 0.500. The molecule has 0 bridgehead atoms. The van der Waals surface area contributed by atoms with Crippen molar-refractivity contribution in [1.82, 2.24) is 10.6 Å². The van der Waals surface area contributed by atoms with E-state index >= 15 is 0 Å². The van der Waals surface area contributed by atoms with Crippen LogP contribution in [0.15, 0.2) is 24.3 Å². The summed E-state index contributed by atoms with van der Waals surface area (Å²) in [4.78, 5) is 36.4. The molecule has 2 rings (SSSR count). The van der Waals surface area contributed by atoms with Crippen molar-refractivity contribution < 1.29 is 19.5 Å². The van der Waals surface area contributed by atoms with Crippen LogP contribution >= 0.6 is 0 Å². The third-order valence-corrected chi connectivity index (χ3v) is 4.20. The summed E-state index contributed by atoms with van der Waals surface area (Å²) in [5.41, 5.74) is 1.80. The highest BCUT2D eigenvalue weighted by Crippen LogP contribution is 2.21. The summed E-state index contributed by atoms with van der Waals surface area (Å²) in [6.45, 7) is 2.98. The maximum Gasteiger partial charge on any atom is 0.320 e. The average Bonchev–Trinajstić information content (AvgIpc) is 3.03. The molecule has 0 spiro atoms. The van der Waals surface area contributed by atoms with Crippen LogP contribution in [-0.2, 0) is 20.9 Å². The van der Waals surface area contributed by atoms with Gasteiger partial charge in [0, 0.05) is 25.2 Å². The Labute approximate surface area is 147 Å². The van der Waals surface area contributed by atoms with Crippen molar-refractivity contribution in [3.05, 3.63) is 29.8 Å². The number of anilines is 1. The van der Waals surface area contributed by atoms with Crippen LogP contribution in [0.5, 0.6) is 0 Å². The van der Waals surface area contributed by atoms with Crippen LogP contribution in [0.2, 0.25) is 0 Å². The number of hydrogen-bond donors (Lipinski definition) is 3. The number of carbonyl (C=O) groups excluding carboxylic acids is 2. The van der Waals surface area contributed by atoms with E-state index < -0.39 is 12.0 Å². The Bertz CT molecular complexity index is 615. The van der Waals surface area contributed by atoms with Crippen molar-refractivity contribution in [1.29, 1.82) is 0 Å². The monoisotopic (exact) mass is 347 g/mol. The molecule has 1 fully saturated rings. The van der Waals surface area contributed by atoms with E-state index in [1.165, 1.54) is 0 Å². The van der Waals surface area contributed by atoms with Gasteiger partial charge in [0.1, 0.15) is 6.04 Å². The molecule has 1 saturated heterocycles. The number of nitrogens with zero attached hydrogens (tertiary/aromatic N) is 1. The summed E-state index contributed by atoms with van der Waals surface area (Å²) in [7, 11) is 0. The number of amides is 2. The Balaban J connectivity index is 1.77. The van der Waals surface area contributed by atoms with E-state index in [0.29, 0.717) is 19.4 Å². The predicted molar refractivity (Wildman–Crippen MR) is 94.2 cm³/mol. The molecule has 2 amide bonds. The molecule has 1 aromatic rings. The quantitative estimate of drug-likeness (QED) is 0.625. The molecule has 0 aromatic heterocycles. The van der Waals surface area contributed by atoms with Crippen LogP contribution in [0.4, 0.5) is 5.69 Å². The molecule has 25 heavy (non-hydrogen) atoms. The van der Waals surface area contributed by atoms with Gasteiger partial charge >= 0.3 is 5.97 Å². The van der Waals surface area contributed by atoms with Gasteiger partial charge in [0.25, 0.3) is 0 Å². The van der Waals surface area contributed by atoms with Crippen molar-refractivity contribution in [3.8, 4) is 0 Å². The molecule has 7 nitrogen and oxygen atoms in total. The zero-order valence-electron chi connectivity index (χ0n) is 14.5. The molecule has 1 aromatic carbocycles. The number of carboxylic acids is 1. The van der Waals surface area contributed by atoms with E-state index in [9.17, 15) is 14.4 Å². The predicted octanol–water partition coefficient (Wildman–Crippen LogP) is 1.27. The van der Waals surface area contributed by atoms with E-state index in [0.717, 1.165) is 30.6 Å². The first kappa shape index (κ1) is 18.9. The lowest BCUT2D eigenvalue weighted by atomic mass is 10.1. The van der Waals surface area contributed by atoms with Gasteiger partial charge in [0.15, 0.2) is 0 Å². The van der Waals surface area contributed by atoms with Gasteiger partial charge in [-0.1, -0.05) is 25.5 Å². The lowest BCUT2D eigenvalue weighted by molar-refractivity contribution is -0.139. The summed E-state index contributed by atoms with van der Waals surface area (Å²) in [6.07, 6.45) is 2.70. The molecule has 1 aliphatic rings. The molecule has 0 radical (unpaired) electrons. The third kappa shape index (κ3) is 5.56. The van der Waals surface area contributed by atoms with Gasteiger partial charge in [0.05, 0.1) is 6.54 Å². The maximum absolute atomic E-state index is 11.8. The second kappa shape index (κ2) is 9.17. The number of aliphatic carboxylic acids is 1. The van der Waals surface area contributed by atoms with Gasteiger partial charge in [-0.25, -0.2) is 0 Å². The summed E-state index contributed by atoms with van der Waals surface area (Å²) >= 11 is 0. The Morgan fingerprint density at radius 2 is 2.00 bits per heavy atom. The zero-order valence-corrected chi connectivity index (χ0v) is 14.5. The van der Waals surface area contributed by atoms with Crippen LogP contribution in [0.1, 0.15) is 38.2 Å². The Morgan fingerprint density at radius 1 is 1.28 bits per heavy atom. The molecule has 1 heterocycles. The zero-order chi connectivity index (χ0) is 18.2. The fourth-order valence-electron chi connectivity index (χ4n) is 2.80. The van der Waals surface area contributed by atoms with Crippen LogP contribution in [0.3, 0.4) is 0 Å². The highest BCUT2D eigenvalue weighted by atomic mass is 16.4. The van der Waals surface area contributed by atoms with Crippen LogP contribution < -0.4 is 15.5 Å². The normalized spacial score (nSPS) is 15.2. The standard InChI is InChI=1S/C18H25N3O4/c1-2-4-15(18(24)25)19-12-16(22)20-11-13-6-8-14(9-7-13)21-10-3-5-17(21)23/h6-9,15,19H,2-5,10-12H2,1H3,(H,20,22)(H,24,25). The lowest BCUT2D eigenvalue weighted by Crippen LogP contribution is -2.42. The summed E-state index contributed by atoms with van der Waals surface area (Å²) in [5.74, 6) is -1.05. The van der Waals surface area contributed by atoms with Crippen molar-refractivity contribution in [2.24, 2.45) is 0 Å². The Hall–Kier alpha value is -2.41. The van der Waals surface area contributed by atoms with Crippen LogP contribution in [0, 0.1) is 0 Å². The first-order chi connectivity index (χ1) is 12.0. The summed E-state index contributed by atoms with van der Waals surface area (Å²) in [6, 6.07) is 6.82. The molecule has 7 heteroatoms. The van der Waals surface area contributed by atoms with Gasteiger partial charge in [-0.3, -0.25) is 19.7 Å². The second-order valence-corrected chi connectivity index (χ2v) is 6.15. The molecular weight excluding hydrogens is 322 g/mol. The molecule has 136 valence electrons. The largest absolute Gasteiger partial charge is 0.480 e. The van der Waals surface area contributed by atoms with Crippen molar-refractivity contribution >= 4 is 23.5 Å². The average molecular weight is 347 g/mol. The third-order valence-electron chi connectivity index (χ3n) is 4.20. The molecule has 1 atom stereocenters. The molecule has 3 N–H and O–H groups in total. The SMILES string of the molecule is CCCC(NCC(=O)NCc1ccc(N2CCCC2=O)cc1)C(=O)O. The Morgan fingerprint density at radius 3 is 2.56 bits per heavy atom. The van der Waals surface area contributed by atoms with Crippen molar-refractivity contribution in [2.75, 3.05) is 18.0 Å². The number of hydrogen-bond acceptors (Lipinski definition) is 4. The van der Waals surface area contributed by atoms with Gasteiger partial charge in [-0.2, -0.15) is 0 Å². The van der Waals surface area contributed by atoms with Crippen LogP contribution in [0.25, 0.3) is 0 Å². The highest BCUT2D eigenvalue weighted by Gasteiger charge is 2.21. The van der Waals surface area contributed by atoms with E-state index in [2.05, 4.69) is 10.6 Å². The molecule has 1 unspecified atom stereocenters. The van der Waals surface area contributed by atoms with E-state index in [-0.39, 0.29) is 18.4 Å². The summed E-state index contributed by atoms with van der Waals surface area (Å²) < 4.78 is 0. The first-order valence-electron chi connectivity index (χ1n) is 8.63. The minimum absolute atomic E-state index is 0.0304. The molecule has 0 aliphatic carbocycles. The lowest BCUT2D eigenvalue weighted by Gasteiger charge is -2.16. The molecular formula is C18H25N3O4. The van der Waals surface area contributed by atoms with Crippen LogP contribution in [-0.4, -0.2) is 42.0 Å².